The number of aryl methyl sites for hydroxylation is 2. The largest absolute Gasteiger partial charge is 0.330 e. The van der Waals surface area contributed by atoms with Crippen LogP contribution in [0.25, 0.3) is 11.2 Å². The third kappa shape index (κ3) is 2.66. The predicted molar refractivity (Wildman–Crippen MR) is 94.3 cm³/mol. The van der Waals surface area contributed by atoms with Gasteiger partial charge in [0.15, 0.2) is 5.65 Å². The van der Waals surface area contributed by atoms with Crippen LogP contribution in [0.5, 0.6) is 0 Å². The Balaban J connectivity index is 1.63. The van der Waals surface area contributed by atoms with Gasteiger partial charge in [-0.3, -0.25) is 18.7 Å². The molecule has 0 saturated carbocycles. The lowest BCUT2D eigenvalue weighted by atomic mass is 10.0. The highest BCUT2D eigenvalue weighted by Crippen LogP contribution is 2.25. The first-order valence-corrected chi connectivity index (χ1v) is 8.63. The van der Waals surface area contributed by atoms with Crippen LogP contribution in [0.3, 0.4) is 0 Å². The van der Waals surface area contributed by atoms with Crippen LogP contribution in [0.4, 0.5) is 0 Å². The highest BCUT2D eigenvalue weighted by Gasteiger charge is 2.26. The molecular formula is C17H23N7O. The summed E-state index contributed by atoms with van der Waals surface area (Å²) in [5.74, 6) is 0. The molecule has 4 heterocycles. The van der Waals surface area contributed by atoms with Crippen molar-refractivity contribution in [2.24, 2.45) is 14.1 Å². The van der Waals surface area contributed by atoms with Gasteiger partial charge >= 0.3 is 5.69 Å². The lowest BCUT2D eigenvalue weighted by molar-refractivity contribution is 0.169. The maximum absolute atomic E-state index is 12.7. The van der Waals surface area contributed by atoms with Crippen LogP contribution in [-0.2, 0) is 20.6 Å². The van der Waals surface area contributed by atoms with Crippen molar-refractivity contribution in [2.75, 3.05) is 13.1 Å². The zero-order valence-electron chi connectivity index (χ0n) is 14.9. The maximum Gasteiger partial charge on any atom is 0.330 e. The fourth-order valence-electron chi connectivity index (χ4n) is 3.75. The zero-order valence-corrected chi connectivity index (χ0v) is 14.9. The van der Waals surface area contributed by atoms with Crippen molar-refractivity contribution in [1.82, 2.24) is 33.8 Å². The van der Waals surface area contributed by atoms with Gasteiger partial charge in [0, 0.05) is 38.4 Å². The van der Waals surface area contributed by atoms with Crippen molar-refractivity contribution >= 4 is 11.2 Å². The van der Waals surface area contributed by atoms with Gasteiger partial charge in [0.05, 0.1) is 18.4 Å². The molecule has 1 aliphatic rings. The van der Waals surface area contributed by atoms with Crippen molar-refractivity contribution in [3.63, 3.8) is 0 Å². The molecule has 0 aliphatic carbocycles. The van der Waals surface area contributed by atoms with E-state index >= 15 is 0 Å². The Morgan fingerprint density at radius 2 is 2.12 bits per heavy atom. The average Bonchev–Trinajstić information content (AvgIpc) is 3.07. The average molecular weight is 341 g/mol. The highest BCUT2D eigenvalue weighted by molar-refractivity contribution is 5.70. The molecule has 1 aliphatic heterocycles. The Labute approximate surface area is 145 Å². The second-order valence-corrected chi connectivity index (χ2v) is 6.85. The Hall–Kier alpha value is -2.48. The number of likely N-dealkylation sites (tertiary alicyclic amines) is 1. The highest BCUT2D eigenvalue weighted by atomic mass is 16.1. The molecule has 3 aromatic heterocycles. The number of aromatic nitrogens is 6. The molecule has 1 saturated heterocycles. The summed E-state index contributed by atoms with van der Waals surface area (Å²) in [7, 11) is 3.75. The van der Waals surface area contributed by atoms with Crippen LogP contribution in [0.1, 0.15) is 30.1 Å². The quantitative estimate of drug-likeness (QED) is 0.711. The minimum absolute atomic E-state index is 0.0140. The second kappa shape index (κ2) is 6.11. The molecule has 1 fully saturated rings. The molecule has 0 radical (unpaired) electrons. The number of piperidine rings is 1. The van der Waals surface area contributed by atoms with Crippen LogP contribution in [0, 0.1) is 6.92 Å². The molecule has 1 unspecified atom stereocenters. The first kappa shape index (κ1) is 16.0. The minimum Gasteiger partial charge on any atom is -0.297 e. The summed E-state index contributed by atoms with van der Waals surface area (Å²) in [6, 6.07) is 0.136. The summed E-state index contributed by atoms with van der Waals surface area (Å²) in [5, 5.41) is 4.33. The molecule has 132 valence electrons. The van der Waals surface area contributed by atoms with Gasteiger partial charge in [-0.2, -0.15) is 5.10 Å². The molecular weight excluding hydrogens is 318 g/mol. The molecule has 8 heteroatoms. The van der Waals surface area contributed by atoms with Crippen LogP contribution in [-0.4, -0.2) is 46.9 Å². The Kier molecular flexibility index (Phi) is 3.91. The van der Waals surface area contributed by atoms with Crippen molar-refractivity contribution in [1.29, 1.82) is 0 Å². The Morgan fingerprint density at radius 1 is 1.28 bits per heavy atom. The van der Waals surface area contributed by atoms with E-state index in [0.717, 1.165) is 43.6 Å². The van der Waals surface area contributed by atoms with E-state index in [-0.39, 0.29) is 11.7 Å². The Morgan fingerprint density at radius 3 is 2.88 bits per heavy atom. The fourth-order valence-corrected chi connectivity index (χ4v) is 3.75. The molecule has 8 nitrogen and oxygen atoms in total. The number of rotatable bonds is 3. The van der Waals surface area contributed by atoms with E-state index in [2.05, 4.69) is 26.9 Å². The molecule has 0 bridgehead atoms. The van der Waals surface area contributed by atoms with Gasteiger partial charge < -0.3 is 0 Å². The van der Waals surface area contributed by atoms with Gasteiger partial charge in [-0.05, 0) is 26.3 Å². The molecule has 25 heavy (non-hydrogen) atoms. The lowest BCUT2D eigenvalue weighted by Gasteiger charge is -2.33. The molecule has 0 amide bonds. The normalized spacial score (nSPS) is 18.9. The number of hydrogen-bond acceptors (Lipinski definition) is 5. The number of imidazole rings is 1. The van der Waals surface area contributed by atoms with E-state index in [9.17, 15) is 4.79 Å². The topological polar surface area (TPSA) is 73.8 Å². The van der Waals surface area contributed by atoms with Crippen LogP contribution >= 0.6 is 0 Å². The van der Waals surface area contributed by atoms with Crippen molar-refractivity contribution < 1.29 is 0 Å². The van der Waals surface area contributed by atoms with Crippen molar-refractivity contribution in [3.05, 3.63) is 40.5 Å². The summed E-state index contributed by atoms with van der Waals surface area (Å²) in [5.41, 5.74) is 3.94. The molecule has 0 aromatic carbocycles. The van der Waals surface area contributed by atoms with Crippen LogP contribution in [0.15, 0.2) is 23.5 Å². The smallest absolute Gasteiger partial charge is 0.297 e. The fraction of sp³-hybridized carbons (Fsp3) is 0.529. The van der Waals surface area contributed by atoms with E-state index in [1.165, 1.54) is 17.6 Å². The summed E-state index contributed by atoms with van der Waals surface area (Å²) in [6.45, 7) is 4.84. The molecule has 0 N–H and O–H groups in total. The van der Waals surface area contributed by atoms with Gasteiger partial charge in [-0.25, -0.2) is 14.8 Å². The summed E-state index contributed by atoms with van der Waals surface area (Å²) in [4.78, 5) is 23.6. The third-order valence-electron chi connectivity index (χ3n) is 5.33. The van der Waals surface area contributed by atoms with Gasteiger partial charge in [-0.15, -0.1) is 0 Å². The second-order valence-electron chi connectivity index (χ2n) is 6.85. The summed E-state index contributed by atoms with van der Waals surface area (Å²) in [6.07, 6.45) is 7.22. The molecule has 0 spiro atoms. The minimum atomic E-state index is -0.0140. The lowest BCUT2D eigenvalue weighted by Crippen LogP contribution is -2.39. The SMILES string of the molecule is Cc1c(CN2CCCC(n3c(=O)n(C)c4cncnc43)C2)cnn1C. The van der Waals surface area contributed by atoms with Gasteiger partial charge in [0.25, 0.3) is 0 Å². The van der Waals surface area contributed by atoms with Gasteiger partial charge in [0.1, 0.15) is 11.8 Å². The van der Waals surface area contributed by atoms with E-state index < -0.39 is 0 Å². The zero-order chi connectivity index (χ0) is 17.6. The van der Waals surface area contributed by atoms with Gasteiger partial charge in [-0.1, -0.05) is 0 Å². The monoisotopic (exact) mass is 341 g/mol. The van der Waals surface area contributed by atoms with Crippen LogP contribution < -0.4 is 5.69 Å². The predicted octanol–water partition coefficient (Wildman–Crippen LogP) is 1.01. The summed E-state index contributed by atoms with van der Waals surface area (Å²) >= 11 is 0. The molecule has 3 aromatic rings. The maximum atomic E-state index is 12.7. The van der Waals surface area contributed by atoms with E-state index in [4.69, 9.17) is 0 Å². The molecule has 1 atom stereocenters. The number of nitrogens with zero attached hydrogens (tertiary/aromatic N) is 7. The number of fused-ring (bicyclic) bond motifs is 1. The first-order chi connectivity index (χ1) is 12.1. The first-order valence-electron chi connectivity index (χ1n) is 8.63. The summed E-state index contributed by atoms with van der Waals surface area (Å²) < 4.78 is 5.39. The van der Waals surface area contributed by atoms with E-state index in [1.807, 2.05) is 22.5 Å². The standard InChI is InChI=1S/C17H23N7O/c1-12-13(7-20-22(12)3)9-23-6-4-5-14(10-23)24-16-15(8-18-11-19-16)21(2)17(24)25/h7-8,11,14H,4-6,9-10H2,1-3H3. The Bertz CT molecular complexity index is 967. The van der Waals surface area contributed by atoms with Crippen molar-refractivity contribution in [3.8, 4) is 0 Å². The van der Waals surface area contributed by atoms with E-state index in [0.29, 0.717) is 0 Å². The molecule has 4 rings (SSSR count). The number of hydrogen-bond donors (Lipinski definition) is 0. The van der Waals surface area contributed by atoms with Crippen LogP contribution in [0.2, 0.25) is 0 Å². The van der Waals surface area contributed by atoms with Crippen molar-refractivity contribution in [2.45, 2.75) is 32.4 Å². The van der Waals surface area contributed by atoms with Gasteiger partial charge in [0.2, 0.25) is 0 Å². The van der Waals surface area contributed by atoms with E-state index in [1.54, 1.807) is 17.8 Å². The third-order valence-corrected chi connectivity index (χ3v) is 5.33.